The van der Waals surface area contributed by atoms with Crippen LogP contribution in [0.5, 0.6) is 0 Å². The summed E-state index contributed by atoms with van der Waals surface area (Å²) in [5.41, 5.74) is 3.48. The van der Waals surface area contributed by atoms with Crippen molar-refractivity contribution < 1.29 is 14.3 Å². The van der Waals surface area contributed by atoms with E-state index in [-0.39, 0.29) is 17.6 Å². The summed E-state index contributed by atoms with van der Waals surface area (Å²) >= 11 is 1.49. The van der Waals surface area contributed by atoms with Gasteiger partial charge in [0.25, 0.3) is 0 Å². The minimum Gasteiger partial charge on any atom is -0.477 e. The Bertz CT molecular complexity index is 837. The highest BCUT2D eigenvalue weighted by Gasteiger charge is 2.22. The van der Waals surface area contributed by atoms with Crippen molar-refractivity contribution >= 4 is 28.2 Å². The van der Waals surface area contributed by atoms with E-state index in [1.807, 2.05) is 13.8 Å². The number of aromatic nitrogens is 2. The number of rotatable bonds is 3. The SMILES string of the molecule is Cc1ncsc1C(C)n1c(C(=O)O)cc2cc(F)ccc21. The van der Waals surface area contributed by atoms with Gasteiger partial charge in [0.2, 0.25) is 0 Å². The van der Waals surface area contributed by atoms with E-state index in [1.54, 1.807) is 16.1 Å². The van der Waals surface area contributed by atoms with Crippen LogP contribution in [0.3, 0.4) is 0 Å². The van der Waals surface area contributed by atoms with Crippen molar-refractivity contribution in [2.24, 2.45) is 0 Å². The molecule has 0 aliphatic rings. The van der Waals surface area contributed by atoms with Crippen LogP contribution in [0.2, 0.25) is 0 Å². The molecular formula is C15H13FN2O2S. The largest absolute Gasteiger partial charge is 0.477 e. The van der Waals surface area contributed by atoms with Crippen molar-refractivity contribution in [3.8, 4) is 0 Å². The first-order valence-electron chi connectivity index (χ1n) is 6.43. The van der Waals surface area contributed by atoms with Gasteiger partial charge in [-0.05, 0) is 38.1 Å². The van der Waals surface area contributed by atoms with E-state index < -0.39 is 5.97 Å². The van der Waals surface area contributed by atoms with E-state index in [0.29, 0.717) is 10.9 Å². The van der Waals surface area contributed by atoms with E-state index >= 15 is 0 Å². The number of fused-ring (bicyclic) bond motifs is 1. The van der Waals surface area contributed by atoms with Gasteiger partial charge in [0.15, 0.2) is 0 Å². The predicted octanol–water partition coefficient (Wildman–Crippen LogP) is 3.85. The smallest absolute Gasteiger partial charge is 0.352 e. The third kappa shape index (κ3) is 2.21. The number of halogens is 1. The highest BCUT2D eigenvalue weighted by Crippen LogP contribution is 2.31. The van der Waals surface area contributed by atoms with E-state index in [9.17, 15) is 14.3 Å². The summed E-state index contributed by atoms with van der Waals surface area (Å²) in [5, 5.41) is 10.0. The minimum absolute atomic E-state index is 0.149. The summed E-state index contributed by atoms with van der Waals surface area (Å²) in [6.07, 6.45) is 0. The van der Waals surface area contributed by atoms with Crippen LogP contribution in [0, 0.1) is 12.7 Å². The Hall–Kier alpha value is -2.21. The Kier molecular flexibility index (Phi) is 3.25. The lowest BCUT2D eigenvalue weighted by molar-refractivity contribution is 0.0684. The number of hydrogen-bond acceptors (Lipinski definition) is 3. The molecule has 0 saturated carbocycles. The van der Waals surface area contributed by atoms with Crippen LogP contribution in [0.25, 0.3) is 10.9 Å². The zero-order valence-corrected chi connectivity index (χ0v) is 12.3. The van der Waals surface area contributed by atoms with Gasteiger partial charge in [-0.1, -0.05) is 0 Å². The van der Waals surface area contributed by atoms with Crippen LogP contribution in [0.15, 0.2) is 29.8 Å². The van der Waals surface area contributed by atoms with Gasteiger partial charge in [-0.3, -0.25) is 0 Å². The van der Waals surface area contributed by atoms with Crippen LogP contribution in [-0.2, 0) is 0 Å². The van der Waals surface area contributed by atoms with Gasteiger partial charge in [0.1, 0.15) is 11.5 Å². The quantitative estimate of drug-likeness (QED) is 0.799. The number of aryl methyl sites for hydroxylation is 1. The van der Waals surface area contributed by atoms with E-state index in [0.717, 1.165) is 10.6 Å². The average Bonchev–Trinajstić information content (AvgIpc) is 3.01. The fourth-order valence-electron chi connectivity index (χ4n) is 2.62. The maximum absolute atomic E-state index is 13.4. The summed E-state index contributed by atoms with van der Waals surface area (Å²) in [5.74, 6) is -1.40. The van der Waals surface area contributed by atoms with Crippen LogP contribution in [-0.4, -0.2) is 20.6 Å². The molecule has 1 aromatic carbocycles. The molecule has 1 atom stereocenters. The Labute approximate surface area is 124 Å². The first-order valence-corrected chi connectivity index (χ1v) is 7.30. The van der Waals surface area contributed by atoms with Crippen LogP contribution >= 0.6 is 11.3 Å². The molecule has 0 saturated heterocycles. The van der Waals surface area contributed by atoms with Crippen molar-refractivity contribution in [1.82, 2.24) is 9.55 Å². The van der Waals surface area contributed by atoms with Gasteiger partial charge in [-0.25, -0.2) is 14.2 Å². The molecule has 21 heavy (non-hydrogen) atoms. The van der Waals surface area contributed by atoms with Crippen molar-refractivity contribution in [2.45, 2.75) is 19.9 Å². The number of aromatic carboxylic acids is 1. The first-order chi connectivity index (χ1) is 9.99. The molecule has 0 aliphatic heterocycles. The lowest BCUT2D eigenvalue weighted by atomic mass is 10.2. The Morgan fingerprint density at radius 3 is 2.81 bits per heavy atom. The Morgan fingerprint density at radius 2 is 2.19 bits per heavy atom. The molecule has 3 rings (SSSR count). The van der Waals surface area contributed by atoms with E-state index in [1.165, 1.54) is 29.5 Å². The van der Waals surface area contributed by atoms with Gasteiger partial charge in [0, 0.05) is 15.8 Å². The second-order valence-electron chi connectivity index (χ2n) is 4.89. The first kappa shape index (κ1) is 13.8. The number of hydrogen-bond donors (Lipinski definition) is 1. The van der Waals surface area contributed by atoms with Gasteiger partial charge in [-0.15, -0.1) is 11.3 Å². The summed E-state index contributed by atoms with van der Waals surface area (Å²) in [7, 11) is 0. The lowest BCUT2D eigenvalue weighted by Crippen LogP contribution is -2.13. The zero-order valence-electron chi connectivity index (χ0n) is 11.5. The lowest BCUT2D eigenvalue weighted by Gasteiger charge is -2.16. The molecule has 2 aromatic heterocycles. The van der Waals surface area contributed by atoms with Crippen LogP contribution in [0.1, 0.15) is 34.0 Å². The maximum Gasteiger partial charge on any atom is 0.352 e. The normalized spacial score (nSPS) is 12.7. The standard InChI is InChI=1S/C15H13FN2O2S/c1-8-14(21-7-17-8)9(2)18-12-4-3-11(16)5-10(12)6-13(18)15(19)20/h3-7,9H,1-2H3,(H,19,20). The summed E-state index contributed by atoms with van der Waals surface area (Å²) in [6.45, 7) is 3.82. The molecule has 2 heterocycles. The van der Waals surface area contributed by atoms with Gasteiger partial charge < -0.3 is 9.67 Å². The number of thiazole rings is 1. The second kappa shape index (κ2) is 4.96. The third-order valence-electron chi connectivity index (χ3n) is 3.57. The Morgan fingerprint density at radius 1 is 1.43 bits per heavy atom. The third-order valence-corrected chi connectivity index (χ3v) is 4.67. The summed E-state index contributed by atoms with van der Waals surface area (Å²) in [6, 6.07) is 5.64. The molecule has 0 amide bonds. The number of carboxylic acids is 1. The maximum atomic E-state index is 13.4. The molecule has 4 nitrogen and oxygen atoms in total. The molecule has 0 radical (unpaired) electrons. The monoisotopic (exact) mass is 304 g/mol. The molecule has 0 fully saturated rings. The fraction of sp³-hybridized carbons (Fsp3) is 0.200. The molecule has 0 bridgehead atoms. The molecule has 108 valence electrons. The summed E-state index contributed by atoms with van der Waals surface area (Å²) in [4.78, 5) is 16.7. The molecule has 6 heteroatoms. The molecule has 1 N–H and O–H groups in total. The molecule has 0 spiro atoms. The second-order valence-corrected chi connectivity index (χ2v) is 5.77. The van der Waals surface area contributed by atoms with Crippen molar-refractivity contribution in [2.75, 3.05) is 0 Å². The van der Waals surface area contributed by atoms with Crippen LogP contribution < -0.4 is 0 Å². The molecule has 3 aromatic rings. The van der Waals surface area contributed by atoms with Crippen molar-refractivity contribution in [1.29, 1.82) is 0 Å². The van der Waals surface area contributed by atoms with E-state index in [2.05, 4.69) is 4.98 Å². The summed E-state index contributed by atoms with van der Waals surface area (Å²) < 4.78 is 15.1. The van der Waals surface area contributed by atoms with E-state index in [4.69, 9.17) is 0 Å². The minimum atomic E-state index is -1.03. The van der Waals surface area contributed by atoms with Gasteiger partial charge >= 0.3 is 5.97 Å². The average molecular weight is 304 g/mol. The molecular weight excluding hydrogens is 291 g/mol. The van der Waals surface area contributed by atoms with Gasteiger partial charge in [0.05, 0.1) is 17.2 Å². The number of nitrogens with zero attached hydrogens (tertiary/aromatic N) is 2. The number of carbonyl (C=O) groups is 1. The van der Waals surface area contributed by atoms with Gasteiger partial charge in [-0.2, -0.15) is 0 Å². The Balaban J connectivity index is 2.27. The predicted molar refractivity (Wildman–Crippen MR) is 79.5 cm³/mol. The highest BCUT2D eigenvalue weighted by molar-refractivity contribution is 7.09. The highest BCUT2D eigenvalue weighted by atomic mass is 32.1. The zero-order chi connectivity index (χ0) is 15.1. The molecule has 1 unspecified atom stereocenters. The van der Waals surface area contributed by atoms with Crippen molar-refractivity contribution in [3.63, 3.8) is 0 Å². The topological polar surface area (TPSA) is 55.1 Å². The van der Waals surface area contributed by atoms with Crippen molar-refractivity contribution in [3.05, 3.63) is 51.9 Å². The number of benzene rings is 1. The molecule has 0 aliphatic carbocycles. The van der Waals surface area contributed by atoms with Crippen LogP contribution in [0.4, 0.5) is 4.39 Å². The number of carboxylic acid groups (broad SMARTS) is 1. The fourth-order valence-corrected chi connectivity index (χ4v) is 3.47.